The topological polar surface area (TPSA) is 83.9 Å². The third-order valence-corrected chi connectivity index (χ3v) is 3.50. The average Bonchev–Trinajstić information content (AvgIpc) is 2.46. The van der Waals surface area contributed by atoms with E-state index >= 15 is 0 Å². The van der Waals surface area contributed by atoms with Crippen molar-refractivity contribution in [3.63, 3.8) is 0 Å². The van der Waals surface area contributed by atoms with Gasteiger partial charge in [-0.05, 0) is 26.2 Å². The third kappa shape index (κ3) is 4.88. The summed E-state index contributed by atoms with van der Waals surface area (Å²) < 4.78 is 4.87. The van der Waals surface area contributed by atoms with Crippen LogP contribution >= 0.6 is 0 Å². The number of carbonyl (C=O) groups is 3. The number of esters is 1. The summed E-state index contributed by atoms with van der Waals surface area (Å²) in [6, 6.07) is 0. The van der Waals surface area contributed by atoms with Gasteiger partial charge in [-0.15, -0.1) is 0 Å². The van der Waals surface area contributed by atoms with Crippen molar-refractivity contribution in [2.75, 3.05) is 19.7 Å². The number of hydrogen-bond donors (Lipinski definition) is 1. The zero-order valence-electron chi connectivity index (χ0n) is 12.6. The fourth-order valence-electron chi connectivity index (χ4n) is 2.49. The second-order valence-corrected chi connectivity index (χ2v) is 5.06. The van der Waals surface area contributed by atoms with E-state index in [2.05, 4.69) is 0 Å². The lowest BCUT2D eigenvalue weighted by Crippen LogP contribution is -2.44. The number of ether oxygens (including phenoxy) is 1. The van der Waals surface area contributed by atoms with Gasteiger partial charge in [-0.2, -0.15) is 0 Å². The van der Waals surface area contributed by atoms with Gasteiger partial charge in [0.2, 0.25) is 5.91 Å². The van der Waals surface area contributed by atoms with Crippen LogP contribution in [0.1, 0.15) is 33.1 Å². The molecule has 0 saturated heterocycles. The van der Waals surface area contributed by atoms with Crippen molar-refractivity contribution < 1.29 is 24.2 Å². The smallest absolute Gasteiger partial charge is 0.325 e. The van der Waals surface area contributed by atoms with Gasteiger partial charge in [0.05, 0.1) is 18.4 Å². The monoisotopic (exact) mass is 297 g/mol. The Balaban J connectivity index is 2.80. The Hall–Kier alpha value is -1.85. The van der Waals surface area contributed by atoms with Crippen LogP contribution in [0.15, 0.2) is 12.2 Å². The summed E-state index contributed by atoms with van der Waals surface area (Å²) in [5.41, 5.74) is 0. The molecule has 1 aliphatic carbocycles. The van der Waals surface area contributed by atoms with Gasteiger partial charge in [0, 0.05) is 6.54 Å². The molecule has 0 radical (unpaired) electrons. The number of carbonyl (C=O) groups excluding carboxylic acids is 2. The van der Waals surface area contributed by atoms with Gasteiger partial charge in [-0.1, -0.05) is 19.1 Å². The van der Waals surface area contributed by atoms with Crippen LogP contribution in [0.3, 0.4) is 0 Å². The third-order valence-electron chi connectivity index (χ3n) is 3.50. The van der Waals surface area contributed by atoms with Gasteiger partial charge in [0.25, 0.3) is 0 Å². The van der Waals surface area contributed by atoms with E-state index < -0.39 is 23.8 Å². The maximum Gasteiger partial charge on any atom is 0.325 e. The summed E-state index contributed by atoms with van der Waals surface area (Å²) in [4.78, 5) is 36.8. The molecule has 6 nitrogen and oxygen atoms in total. The highest BCUT2D eigenvalue weighted by atomic mass is 16.5. The number of amides is 1. The summed E-state index contributed by atoms with van der Waals surface area (Å²) in [5.74, 6) is -3.03. The van der Waals surface area contributed by atoms with Gasteiger partial charge in [-0.25, -0.2) is 0 Å². The minimum absolute atomic E-state index is 0.118. The quantitative estimate of drug-likeness (QED) is 0.568. The molecular weight excluding hydrogens is 274 g/mol. The first-order valence-electron chi connectivity index (χ1n) is 7.33. The Bertz CT molecular complexity index is 418. The van der Waals surface area contributed by atoms with Crippen molar-refractivity contribution in [3.05, 3.63) is 12.2 Å². The Morgan fingerprint density at radius 1 is 1.19 bits per heavy atom. The van der Waals surface area contributed by atoms with Crippen LogP contribution in [0.25, 0.3) is 0 Å². The lowest BCUT2D eigenvalue weighted by atomic mass is 9.82. The zero-order valence-corrected chi connectivity index (χ0v) is 12.6. The molecule has 1 N–H and O–H groups in total. The maximum absolute atomic E-state index is 12.6. The van der Waals surface area contributed by atoms with Gasteiger partial charge < -0.3 is 14.7 Å². The molecule has 0 spiro atoms. The molecule has 2 atom stereocenters. The molecule has 0 unspecified atom stereocenters. The molecule has 0 bridgehead atoms. The molecule has 21 heavy (non-hydrogen) atoms. The predicted molar refractivity (Wildman–Crippen MR) is 76.5 cm³/mol. The van der Waals surface area contributed by atoms with E-state index in [1.165, 1.54) is 4.90 Å². The van der Waals surface area contributed by atoms with E-state index in [0.29, 0.717) is 25.8 Å². The molecule has 1 aliphatic rings. The maximum atomic E-state index is 12.6. The SMILES string of the molecule is CCCN(CC(=O)OCC)C(=O)[C@@H]1CC=CC[C@@H]1C(=O)O. The Labute approximate surface area is 124 Å². The molecule has 0 aromatic carbocycles. The fourth-order valence-corrected chi connectivity index (χ4v) is 2.49. The lowest BCUT2D eigenvalue weighted by molar-refractivity contribution is -0.154. The number of carboxylic acid groups (broad SMARTS) is 1. The second kappa shape index (κ2) is 8.44. The van der Waals surface area contributed by atoms with Crippen LogP contribution in [0.2, 0.25) is 0 Å². The number of carboxylic acids is 1. The highest BCUT2D eigenvalue weighted by Gasteiger charge is 2.36. The molecule has 0 aromatic heterocycles. The number of nitrogens with zero attached hydrogens (tertiary/aromatic N) is 1. The first-order valence-corrected chi connectivity index (χ1v) is 7.33. The van der Waals surface area contributed by atoms with Crippen LogP contribution in [-0.4, -0.2) is 47.5 Å². The molecule has 118 valence electrons. The van der Waals surface area contributed by atoms with Crippen molar-refractivity contribution in [2.45, 2.75) is 33.1 Å². The van der Waals surface area contributed by atoms with Crippen LogP contribution in [0.5, 0.6) is 0 Å². The number of rotatable bonds is 7. The first kappa shape index (κ1) is 17.2. The number of allylic oxidation sites excluding steroid dienone is 2. The van der Waals surface area contributed by atoms with Gasteiger partial charge in [-0.3, -0.25) is 14.4 Å². The van der Waals surface area contributed by atoms with Gasteiger partial charge >= 0.3 is 11.9 Å². The van der Waals surface area contributed by atoms with E-state index in [1.54, 1.807) is 13.0 Å². The normalized spacial score (nSPS) is 20.9. The molecule has 0 heterocycles. The fraction of sp³-hybridized carbons (Fsp3) is 0.667. The van der Waals surface area contributed by atoms with E-state index in [0.717, 1.165) is 0 Å². The van der Waals surface area contributed by atoms with Crippen molar-refractivity contribution in [1.29, 1.82) is 0 Å². The molecule has 6 heteroatoms. The molecular formula is C15H23NO5. The minimum Gasteiger partial charge on any atom is -0.481 e. The van der Waals surface area contributed by atoms with Crippen LogP contribution in [0.4, 0.5) is 0 Å². The van der Waals surface area contributed by atoms with E-state index in [1.807, 2.05) is 13.0 Å². The Kier molecular flexibility index (Phi) is 6.91. The molecule has 1 amide bonds. The zero-order chi connectivity index (χ0) is 15.8. The highest BCUT2D eigenvalue weighted by Crippen LogP contribution is 2.27. The van der Waals surface area contributed by atoms with Crippen molar-refractivity contribution in [3.8, 4) is 0 Å². The molecule has 1 rings (SSSR count). The summed E-state index contributed by atoms with van der Waals surface area (Å²) in [7, 11) is 0. The molecule has 0 aliphatic heterocycles. The summed E-state index contributed by atoms with van der Waals surface area (Å²) in [5, 5.41) is 9.24. The van der Waals surface area contributed by atoms with Gasteiger partial charge in [0.1, 0.15) is 6.54 Å². The summed E-state index contributed by atoms with van der Waals surface area (Å²) >= 11 is 0. The van der Waals surface area contributed by atoms with Crippen LogP contribution in [-0.2, 0) is 19.1 Å². The van der Waals surface area contributed by atoms with Crippen molar-refractivity contribution in [1.82, 2.24) is 4.90 Å². The van der Waals surface area contributed by atoms with E-state index in [4.69, 9.17) is 4.74 Å². The Morgan fingerprint density at radius 2 is 1.81 bits per heavy atom. The number of aliphatic carboxylic acids is 1. The molecule has 0 saturated carbocycles. The second-order valence-electron chi connectivity index (χ2n) is 5.06. The van der Waals surface area contributed by atoms with Crippen LogP contribution in [0, 0.1) is 11.8 Å². The lowest BCUT2D eigenvalue weighted by Gasteiger charge is -2.30. The first-order chi connectivity index (χ1) is 10.0. The highest BCUT2D eigenvalue weighted by molar-refractivity contribution is 5.87. The van der Waals surface area contributed by atoms with Crippen molar-refractivity contribution in [2.24, 2.45) is 11.8 Å². The summed E-state index contributed by atoms with van der Waals surface area (Å²) in [6.07, 6.45) is 5.07. The minimum atomic E-state index is -0.967. The van der Waals surface area contributed by atoms with Crippen molar-refractivity contribution >= 4 is 17.8 Å². The van der Waals surface area contributed by atoms with E-state index in [9.17, 15) is 19.5 Å². The molecule has 0 fully saturated rings. The standard InChI is InChI=1S/C15H23NO5/c1-3-9-16(10-13(17)21-4-2)14(18)11-7-5-6-8-12(11)15(19)20/h5-6,11-12H,3-4,7-10H2,1-2H3,(H,19,20)/t11-,12+/m1/s1. The predicted octanol–water partition coefficient (Wildman–Crippen LogP) is 1.46. The summed E-state index contributed by atoms with van der Waals surface area (Å²) in [6.45, 7) is 4.17. The van der Waals surface area contributed by atoms with E-state index in [-0.39, 0.29) is 19.1 Å². The Morgan fingerprint density at radius 3 is 2.33 bits per heavy atom. The number of hydrogen-bond acceptors (Lipinski definition) is 4. The average molecular weight is 297 g/mol. The van der Waals surface area contributed by atoms with Crippen LogP contribution < -0.4 is 0 Å². The molecule has 0 aromatic rings. The van der Waals surface area contributed by atoms with Gasteiger partial charge in [0.15, 0.2) is 0 Å². The largest absolute Gasteiger partial charge is 0.481 e.